The third-order valence-corrected chi connectivity index (χ3v) is 5.32. The van der Waals surface area contributed by atoms with E-state index in [1.165, 1.54) is 4.90 Å². The van der Waals surface area contributed by atoms with Gasteiger partial charge >= 0.3 is 5.97 Å². The summed E-state index contributed by atoms with van der Waals surface area (Å²) in [5.41, 5.74) is 11.1. The topological polar surface area (TPSA) is 233 Å². The van der Waals surface area contributed by atoms with Crippen LogP contribution in [0.3, 0.4) is 0 Å². The summed E-state index contributed by atoms with van der Waals surface area (Å²) in [6, 6.07) is -2.50. The molecule has 1 heterocycles. The number of aliphatic carboxylic acids is 1. The van der Waals surface area contributed by atoms with E-state index >= 15 is 0 Å². The van der Waals surface area contributed by atoms with Crippen molar-refractivity contribution < 1.29 is 29.1 Å². The number of carboxylic acids is 1. The maximum absolute atomic E-state index is 12.6. The third kappa shape index (κ3) is 9.60. The van der Waals surface area contributed by atoms with E-state index < -0.39 is 54.9 Å². The van der Waals surface area contributed by atoms with Crippen molar-refractivity contribution in [1.29, 1.82) is 5.41 Å². The maximum Gasteiger partial charge on any atom is 0.322 e. The Kier molecular flexibility index (Phi) is 11.8. The second-order valence-electron chi connectivity index (χ2n) is 8.39. The highest BCUT2D eigenvalue weighted by atomic mass is 16.4. The SMILES string of the molecule is CC(C)[C@H](N)C(=O)N1CCC[C@H]1C(=O)NCC(=O)N[C@@H](CCCNC(=N)N)C(=O)NCC(=O)O. The molecule has 0 aromatic carbocycles. The van der Waals surface area contributed by atoms with Gasteiger partial charge in [0.05, 0.1) is 12.6 Å². The van der Waals surface area contributed by atoms with Crippen LogP contribution in [0.1, 0.15) is 39.5 Å². The number of amides is 4. The standard InChI is InChI=1S/C20H36N8O6/c1-11(2)16(21)19(34)28-8-4-6-13(28)18(33)25-9-14(29)27-12(5-3-7-24-20(22)23)17(32)26-10-15(30)31/h11-13,16H,3-10,21H2,1-2H3,(H,25,33)(H,26,32)(H,27,29)(H,30,31)(H4,22,23,24)/t12-,13-,16-/m0/s1. The molecule has 0 bridgehead atoms. The molecule has 0 aliphatic carbocycles. The van der Waals surface area contributed by atoms with Crippen molar-refractivity contribution in [3.05, 3.63) is 0 Å². The van der Waals surface area contributed by atoms with Gasteiger partial charge in [-0.2, -0.15) is 0 Å². The van der Waals surface area contributed by atoms with Crippen molar-refractivity contribution in [1.82, 2.24) is 26.2 Å². The first-order valence-corrected chi connectivity index (χ1v) is 11.1. The molecule has 0 spiro atoms. The summed E-state index contributed by atoms with van der Waals surface area (Å²) >= 11 is 0. The summed E-state index contributed by atoms with van der Waals surface area (Å²) in [5.74, 6) is -3.72. The Morgan fingerprint density at radius 2 is 1.79 bits per heavy atom. The fourth-order valence-corrected chi connectivity index (χ4v) is 3.39. The zero-order valence-electron chi connectivity index (χ0n) is 19.6. The molecule has 0 saturated carbocycles. The Morgan fingerprint density at radius 1 is 1.12 bits per heavy atom. The van der Waals surface area contributed by atoms with Crippen molar-refractivity contribution in [3.63, 3.8) is 0 Å². The van der Waals surface area contributed by atoms with Gasteiger partial charge in [0, 0.05) is 13.1 Å². The van der Waals surface area contributed by atoms with Gasteiger partial charge in [-0.05, 0) is 31.6 Å². The van der Waals surface area contributed by atoms with Gasteiger partial charge in [-0.1, -0.05) is 13.8 Å². The van der Waals surface area contributed by atoms with E-state index in [-0.39, 0.29) is 30.8 Å². The molecule has 1 saturated heterocycles. The fourth-order valence-electron chi connectivity index (χ4n) is 3.39. The highest BCUT2D eigenvalue weighted by Crippen LogP contribution is 2.19. The lowest BCUT2D eigenvalue weighted by Gasteiger charge is -2.28. The second-order valence-corrected chi connectivity index (χ2v) is 8.39. The van der Waals surface area contributed by atoms with Crippen LogP contribution in [-0.4, -0.2) is 89.9 Å². The molecular formula is C20H36N8O6. The largest absolute Gasteiger partial charge is 0.480 e. The monoisotopic (exact) mass is 484 g/mol. The van der Waals surface area contributed by atoms with Crippen LogP contribution in [0.25, 0.3) is 0 Å². The molecule has 14 nitrogen and oxygen atoms in total. The van der Waals surface area contributed by atoms with E-state index in [1.54, 1.807) is 0 Å². The number of carboxylic acid groups (broad SMARTS) is 1. The Labute approximate surface area is 198 Å². The summed E-state index contributed by atoms with van der Waals surface area (Å²) < 4.78 is 0. The third-order valence-electron chi connectivity index (χ3n) is 5.32. The van der Waals surface area contributed by atoms with Gasteiger partial charge in [-0.25, -0.2) is 0 Å². The molecule has 192 valence electrons. The lowest BCUT2D eigenvalue weighted by atomic mass is 10.0. The second kappa shape index (κ2) is 14.0. The van der Waals surface area contributed by atoms with Crippen molar-refractivity contribution in [2.75, 3.05) is 26.2 Å². The Morgan fingerprint density at radius 3 is 2.38 bits per heavy atom. The summed E-state index contributed by atoms with van der Waals surface area (Å²) in [6.45, 7) is 3.27. The molecule has 0 aromatic rings. The molecule has 0 radical (unpaired) electrons. The molecule has 10 N–H and O–H groups in total. The van der Waals surface area contributed by atoms with Crippen LogP contribution < -0.4 is 32.7 Å². The number of guanidine groups is 1. The molecule has 0 aromatic heterocycles. The lowest BCUT2D eigenvalue weighted by molar-refractivity contribution is -0.140. The number of carbonyl (C=O) groups is 5. The van der Waals surface area contributed by atoms with Crippen LogP contribution in [0.2, 0.25) is 0 Å². The molecule has 1 aliphatic heterocycles. The van der Waals surface area contributed by atoms with E-state index in [2.05, 4.69) is 21.3 Å². The zero-order valence-corrected chi connectivity index (χ0v) is 19.6. The van der Waals surface area contributed by atoms with E-state index in [4.69, 9.17) is 22.0 Å². The molecule has 1 fully saturated rings. The van der Waals surface area contributed by atoms with E-state index in [0.29, 0.717) is 25.8 Å². The first-order valence-electron chi connectivity index (χ1n) is 11.1. The van der Waals surface area contributed by atoms with E-state index in [0.717, 1.165) is 0 Å². The number of hydrogen-bond acceptors (Lipinski definition) is 7. The highest BCUT2D eigenvalue weighted by Gasteiger charge is 2.37. The summed E-state index contributed by atoms with van der Waals surface area (Å²) in [4.78, 5) is 62.0. The lowest BCUT2D eigenvalue weighted by Crippen LogP contribution is -2.54. The Balaban J connectivity index is 2.64. The van der Waals surface area contributed by atoms with Gasteiger partial charge in [0.1, 0.15) is 18.6 Å². The number of carbonyl (C=O) groups excluding carboxylic acids is 4. The first-order chi connectivity index (χ1) is 15.9. The predicted molar refractivity (Wildman–Crippen MR) is 122 cm³/mol. The van der Waals surface area contributed by atoms with Gasteiger partial charge in [0.25, 0.3) is 0 Å². The number of rotatable bonds is 13. The molecular weight excluding hydrogens is 448 g/mol. The number of hydrogen-bond donors (Lipinski definition) is 8. The van der Waals surface area contributed by atoms with Crippen molar-refractivity contribution in [2.24, 2.45) is 17.4 Å². The number of nitrogens with one attached hydrogen (secondary N) is 5. The zero-order chi connectivity index (χ0) is 25.8. The normalized spacial score (nSPS) is 16.9. The molecule has 4 amide bonds. The maximum atomic E-state index is 12.6. The van der Waals surface area contributed by atoms with Crippen LogP contribution in [0.5, 0.6) is 0 Å². The minimum Gasteiger partial charge on any atom is -0.480 e. The van der Waals surface area contributed by atoms with Crippen LogP contribution in [0.4, 0.5) is 0 Å². The van der Waals surface area contributed by atoms with Gasteiger partial charge < -0.3 is 42.7 Å². The molecule has 14 heteroatoms. The van der Waals surface area contributed by atoms with Crippen LogP contribution in [-0.2, 0) is 24.0 Å². The summed E-state index contributed by atoms with van der Waals surface area (Å²) in [7, 11) is 0. The average molecular weight is 485 g/mol. The van der Waals surface area contributed by atoms with Gasteiger partial charge in [-0.3, -0.25) is 29.4 Å². The van der Waals surface area contributed by atoms with Gasteiger partial charge in [0.2, 0.25) is 23.6 Å². The molecule has 0 unspecified atom stereocenters. The predicted octanol–water partition coefficient (Wildman–Crippen LogP) is -2.97. The minimum atomic E-state index is -1.24. The Bertz CT molecular complexity index is 774. The van der Waals surface area contributed by atoms with Crippen molar-refractivity contribution in [3.8, 4) is 0 Å². The molecule has 1 rings (SSSR count). The average Bonchev–Trinajstić information content (AvgIpc) is 3.26. The molecule has 3 atom stereocenters. The van der Waals surface area contributed by atoms with E-state index in [1.807, 2.05) is 13.8 Å². The van der Waals surface area contributed by atoms with Crippen LogP contribution in [0, 0.1) is 11.3 Å². The van der Waals surface area contributed by atoms with Crippen LogP contribution in [0.15, 0.2) is 0 Å². The summed E-state index contributed by atoms with van der Waals surface area (Å²) in [6.07, 6.45) is 1.59. The molecule has 1 aliphatic rings. The summed E-state index contributed by atoms with van der Waals surface area (Å²) in [5, 5.41) is 25.6. The Hall–Kier alpha value is -3.42. The van der Waals surface area contributed by atoms with E-state index in [9.17, 15) is 24.0 Å². The number of likely N-dealkylation sites (tertiary alicyclic amines) is 1. The number of nitrogens with two attached hydrogens (primary N) is 2. The van der Waals surface area contributed by atoms with Gasteiger partial charge in [-0.15, -0.1) is 0 Å². The minimum absolute atomic E-state index is 0.0857. The molecule has 34 heavy (non-hydrogen) atoms. The highest BCUT2D eigenvalue weighted by molar-refractivity contribution is 5.94. The van der Waals surface area contributed by atoms with Crippen molar-refractivity contribution >= 4 is 35.6 Å². The van der Waals surface area contributed by atoms with Crippen molar-refractivity contribution in [2.45, 2.75) is 57.7 Å². The first kappa shape index (κ1) is 28.6. The fraction of sp³-hybridized carbons (Fsp3) is 0.700. The number of nitrogens with zero attached hydrogens (tertiary/aromatic N) is 1. The smallest absolute Gasteiger partial charge is 0.322 e. The van der Waals surface area contributed by atoms with Crippen LogP contribution >= 0.6 is 0 Å². The van der Waals surface area contributed by atoms with Gasteiger partial charge in [0.15, 0.2) is 5.96 Å². The quantitative estimate of drug-likeness (QED) is 0.0755.